The molecule has 0 amide bonds. The summed E-state index contributed by atoms with van der Waals surface area (Å²) in [5.74, 6) is 0. The van der Waals surface area contributed by atoms with Crippen LogP contribution >= 0.6 is 0 Å². The van der Waals surface area contributed by atoms with Crippen LogP contribution in [0.3, 0.4) is 0 Å². The third-order valence-corrected chi connectivity index (χ3v) is 5.26. The maximum atomic E-state index is 11.3. The number of benzene rings is 1. The molecule has 0 spiro atoms. The smallest absolute Gasteiger partial charge is 0.316 e. The zero-order valence-electron chi connectivity index (χ0n) is 14.3. The zero-order valence-corrected chi connectivity index (χ0v) is 14.3. The van der Waals surface area contributed by atoms with Crippen molar-refractivity contribution in [2.45, 2.75) is 37.1 Å². The first-order valence-electron chi connectivity index (χ1n) is 8.64. The van der Waals surface area contributed by atoms with Crippen LogP contribution in [0.15, 0.2) is 42.7 Å². The van der Waals surface area contributed by atoms with Gasteiger partial charge < -0.3 is 14.6 Å². The third-order valence-electron chi connectivity index (χ3n) is 5.26. The monoisotopic (exact) mass is 341 g/mol. The van der Waals surface area contributed by atoms with Gasteiger partial charge in [0, 0.05) is 36.6 Å². The Kier molecular flexibility index (Phi) is 4.41. The van der Waals surface area contributed by atoms with Gasteiger partial charge in [-0.05, 0) is 18.4 Å². The Morgan fingerprint density at radius 2 is 1.80 bits per heavy atom. The quantitative estimate of drug-likeness (QED) is 0.914. The van der Waals surface area contributed by atoms with Crippen molar-refractivity contribution in [3.05, 3.63) is 53.9 Å². The molecular formula is C19H23N3O3. The number of nitrogens with zero attached hydrogens (tertiary/aromatic N) is 3. The van der Waals surface area contributed by atoms with Crippen LogP contribution in [0, 0.1) is 0 Å². The van der Waals surface area contributed by atoms with Gasteiger partial charge in [0.1, 0.15) is 0 Å². The van der Waals surface area contributed by atoms with Crippen LogP contribution in [0.25, 0.3) is 0 Å². The third kappa shape index (κ3) is 3.25. The van der Waals surface area contributed by atoms with Crippen molar-refractivity contribution in [3.8, 4) is 6.01 Å². The molecule has 6 heteroatoms. The van der Waals surface area contributed by atoms with Gasteiger partial charge in [-0.25, -0.2) is 9.97 Å². The maximum Gasteiger partial charge on any atom is 0.316 e. The molecule has 2 bridgehead atoms. The molecule has 2 atom stereocenters. The van der Waals surface area contributed by atoms with Gasteiger partial charge in [-0.2, -0.15) is 0 Å². The summed E-state index contributed by atoms with van der Waals surface area (Å²) >= 11 is 0. The van der Waals surface area contributed by atoms with E-state index in [1.54, 1.807) is 12.4 Å². The Bertz CT molecular complexity index is 694. The molecular weight excluding hydrogens is 318 g/mol. The van der Waals surface area contributed by atoms with Crippen LogP contribution < -0.4 is 4.74 Å². The van der Waals surface area contributed by atoms with E-state index in [1.165, 1.54) is 12.7 Å². The molecule has 2 aliphatic heterocycles. The lowest BCUT2D eigenvalue weighted by Gasteiger charge is -2.51. The summed E-state index contributed by atoms with van der Waals surface area (Å²) in [5.41, 5.74) is 1.13. The van der Waals surface area contributed by atoms with E-state index in [2.05, 4.69) is 39.1 Å². The minimum Gasteiger partial charge on any atom is -0.467 e. The van der Waals surface area contributed by atoms with Gasteiger partial charge >= 0.3 is 6.01 Å². The van der Waals surface area contributed by atoms with Crippen molar-refractivity contribution in [1.82, 2.24) is 14.9 Å². The Hall–Kier alpha value is -2.02. The summed E-state index contributed by atoms with van der Waals surface area (Å²) in [4.78, 5) is 10.8. The van der Waals surface area contributed by atoms with Gasteiger partial charge in [-0.15, -0.1) is 0 Å². The fraction of sp³-hybridized carbons (Fsp3) is 0.474. The van der Waals surface area contributed by atoms with E-state index in [-0.39, 0.29) is 12.1 Å². The summed E-state index contributed by atoms with van der Waals surface area (Å²) in [6.45, 7) is 2.17. The summed E-state index contributed by atoms with van der Waals surface area (Å²) < 4.78 is 10.8. The predicted molar refractivity (Wildman–Crippen MR) is 92.1 cm³/mol. The number of morpholine rings is 1. The van der Waals surface area contributed by atoms with Crippen molar-refractivity contribution in [3.63, 3.8) is 0 Å². The molecule has 25 heavy (non-hydrogen) atoms. The van der Waals surface area contributed by atoms with E-state index in [1.807, 2.05) is 6.07 Å². The van der Waals surface area contributed by atoms with Crippen molar-refractivity contribution in [1.29, 1.82) is 0 Å². The van der Waals surface area contributed by atoms with Crippen LogP contribution in [0.1, 0.15) is 24.0 Å². The first-order valence-corrected chi connectivity index (χ1v) is 8.64. The van der Waals surface area contributed by atoms with E-state index in [0.717, 1.165) is 12.1 Å². The minimum absolute atomic E-state index is 0.180. The molecule has 4 rings (SSSR count). The van der Waals surface area contributed by atoms with Gasteiger partial charge in [0.2, 0.25) is 0 Å². The first kappa shape index (κ1) is 16.4. The van der Waals surface area contributed by atoms with Gasteiger partial charge in [0.05, 0.1) is 25.9 Å². The number of rotatable bonds is 4. The van der Waals surface area contributed by atoms with Crippen LogP contribution in [-0.2, 0) is 16.9 Å². The van der Waals surface area contributed by atoms with E-state index >= 15 is 0 Å². The Labute approximate surface area is 147 Å². The number of fused-ring (bicyclic) bond motifs is 2. The molecule has 2 fully saturated rings. The summed E-state index contributed by atoms with van der Waals surface area (Å²) in [6.07, 6.45) is 4.59. The first-order chi connectivity index (χ1) is 12.2. The summed E-state index contributed by atoms with van der Waals surface area (Å²) in [6, 6.07) is 11.1. The largest absolute Gasteiger partial charge is 0.467 e. The molecule has 2 unspecified atom stereocenters. The summed E-state index contributed by atoms with van der Waals surface area (Å²) in [5, 5.41) is 11.3. The van der Waals surface area contributed by atoms with Gasteiger partial charge in [-0.1, -0.05) is 30.3 Å². The van der Waals surface area contributed by atoms with Crippen LogP contribution in [-0.4, -0.2) is 52.4 Å². The maximum absolute atomic E-state index is 11.3. The topological polar surface area (TPSA) is 67.7 Å². The van der Waals surface area contributed by atoms with Crippen LogP contribution in [0.2, 0.25) is 0 Å². The lowest BCUT2D eigenvalue weighted by molar-refractivity contribution is -0.149. The number of methoxy groups -OCH3 is 1. The highest BCUT2D eigenvalue weighted by Gasteiger charge is 2.47. The predicted octanol–water partition coefficient (Wildman–Crippen LogP) is 1.74. The lowest BCUT2D eigenvalue weighted by Crippen LogP contribution is -2.60. The lowest BCUT2D eigenvalue weighted by atomic mass is 9.77. The second kappa shape index (κ2) is 6.71. The molecule has 2 saturated heterocycles. The highest BCUT2D eigenvalue weighted by molar-refractivity contribution is 5.21. The molecule has 1 aromatic heterocycles. The van der Waals surface area contributed by atoms with E-state index in [4.69, 9.17) is 9.47 Å². The van der Waals surface area contributed by atoms with Crippen molar-refractivity contribution in [2.24, 2.45) is 0 Å². The molecule has 6 nitrogen and oxygen atoms in total. The van der Waals surface area contributed by atoms with Crippen molar-refractivity contribution < 1.29 is 14.6 Å². The van der Waals surface area contributed by atoms with Crippen LogP contribution in [0.5, 0.6) is 6.01 Å². The molecule has 3 heterocycles. The normalized spacial score (nSPS) is 29.4. The molecule has 132 valence electrons. The second-order valence-corrected chi connectivity index (χ2v) is 6.90. The molecule has 2 aromatic rings. The molecule has 0 saturated carbocycles. The number of hydrogen-bond donors (Lipinski definition) is 1. The van der Waals surface area contributed by atoms with Crippen LogP contribution in [0.4, 0.5) is 0 Å². The Morgan fingerprint density at radius 3 is 2.40 bits per heavy atom. The van der Waals surface area contributed by atoms with Gasteiger partial charge in [0.15, 0.2) is 0 Å². The van der Waals surface area contributed by atoms with Gasteiger partial charge in [-0.3, -0.25) is 4.90 Å². The highest BCUT2D eigenvalue weighted by atomic mass is 16.5. The zero-order chi connectivity index (χ0) is 17.3. The Morgan fingerprint density at radius 1 is 1.16 bits per heavy atom. The molecule has 1 aromatic carbocycles. The molecule has 1 N–H and O–H groups in total. The molecule has 0 aliphatic carbocycles. The van der Waals surface area contributed by atoms with Crippen molar-refractivity contribution in [2.75, 3.05) is 20.3 Å². The Balaban J connectivity index is 1.55. The van der Waals surface area contributed by atoms with Gasteiger partial charge in [0.25, 0.3) is 0 Å². The second-order valence-electron chi connectivity index (χ2n) is 6.90. The number of aromatic nitrogens is 2. The average molecular weight is 341 g/mol. The number of piperidine rings is 1. The highest BCUT2D eigenvalue weighted by Crippen LogP contribution is 2.41. The van der Waals surface area contributed by atoms with E-state index in [0.29, 0.717) is 32.1 Å². The fourth-order valence-electron chi connectivity index (χ4n) is 4.00. The molecule has 2 aliphatic rings. The number of aliphatic hydroxyl groups is 1. The number of ether oxygens (including phenoxy) is 2. The van der Waals surface area contributed by atoms with Crippen molar-refractivity contribution >= 4 is 0 Å². The average Bonchev–Trinajstić information content (AvgIpc) is 2.64. The SMILES string of the molecule is COc1ncc(C2(O)CC3COCC(C2)N3Cc2ccccc2)cn1. The summed E-state index contributed by atoms with van der Waals surface area (Å²) in [7, 11) is 1.54. The standard InChI is InChI=1S/C19H23N3O3/c1-24-18-20-9-15(10-21-18)19(23)7-16-12-25-13-17(8-19)22(16)11-14-5-3-2-4-6-14/h2-6,9-10,16-17,23H,7-8,11-13H2,1H3. The minimum atomic E-state index is -0.918. The van der Waals surface area contributed by atoms with E-state index in [9.17, 15) is 5.11 Å². The van der Waals surface area contributed by atoms with E-state index < -0.39 is 5.60 Å². The molecule has 0 radical (unpaired) electrons. The number of hydrogen-bond acceptors (Lipinski definition) is 6. The fourth-order valence-corrected chi connectivity index (χ4v) is 4.00.